The average Bonchev–Trinajstić information content (AvgIpc) is 2.84. The molecule has 104 valence electrons. The quantitative estimate of drug-likeness (QED) is 0.812. The molecule has 0 saturated carbocycles. The normalized spacial score (nSPS) is 14.8. The number of benzene rings is 1. The van der Waals surface area contributed by atoms with Gasteiger partial charge in [-0.1, -0.05) is 0 Å². The van der Waals surface area contributed by atoms with Crippen molar-refractivity contribution in [3.8, 4) is 0 Å². The van der Waals surface area contributed by atoms with E-state index in [1.165, 1.54) is 0 Å². The lowest BCUT2D eigenvalue weighted by Crippen LogP contribution is -2.23. The number of carboxylic acids is 1. The summed E-state index contributed by atoms with van der Waals surface area (Å²) in [4.78, 5) is 34.9. The summed E-state index contributed by atoms with van der Waals surface area (Å²) in [7, 11) is 0. The summed E-state index contributed by atoms with van der Waals surface area (Å²) in [6.45, 7) is 0.714. The van der Waals surface area contributed by atoms with Crippen molar-refractivity contribution in [2.75, 3.05) is 16.8 Å². The lowest BCUT2D eigenvalue weighted by Gasteiger charge is -2.15. The second kappa shape index (κ2) is 6.01. The summed E-state index contributed by atoms with van der Waals surface area (Å²) in [5, 5.41) is 10.9. The number of nitrogens with one attached hydrogen (secondary N) is 1. The van der Waals surface area contributed by atoms with Gasteiger partial charge >= 0.3 is 5.97 Å². The summed E-state index contributed by atoms with van der Waals surface area (Å²) >= 11 is 0. The van der Waals surface area contributed by atoms with E-state index in [0.717, 1.165) is 24.3 Å². The molecule has 1 aromatic rings. The third kappa shape index (κ3) is 3.44. The van der Waals surface area contributed by atoms with E-state index in [9.17, 15) is 14.4 Å². The van der Waals surface area contributed by atoms with E-state index in [1.54, 1.807) is 29.2 Å². The van der Waals surface area contributed by atoms with Gasteiger partial charge in [-0.05, 0) is 30.7 Å². The van der Waals surface area contributed by atoms with Crippen molar-refractivity contribution < 1.29 is 19.5 Å². The number of carbonyl (C=O) groups is 3. The molecule has 1 aliphatic rings. The molecular weight excluding hydrogens is 260 g/mol. The Labute approximate surface area is 115 Å². The van der Waals surface area contributed by atoms with Crippen molar-refractivity contribution in [1.29, 1.82) is 0 Å². The van der Waals surface area contributed by atoms with Crippen molar-refractivity contribution in [2.45, 2.75) is 12.8 Å². The standard InChI is InChI=1S/C14H14N2O4/c17-12(7-8-14(19)20)15-10-3-5-11(6-4-10)16-9-1-2-13(16)18/h3-8H,1-2,9H2,(H,15,17)(H,19,20)/b8-7+. The fourth-order valence-corrected chi connectivity index (χ4v) is 1.98. The van der Waals surface area contributed by atoms with Crippen LogP contribution >= 0.6 is 0 Å². The van der Waals surface area contributed by atoms with Crippen LogP contribution in [0.4, 0.5) is 11.4 Å². The van der Waals surface area contributed by atoms with Gasteiger partial charge in [-0.2, -0.15) is 0 Å². The summed E-state index contributed by atoms with van der Waals surface area (Å²) in [5.74, 6) is -1.59. The highest BCUT2D eigenvalue weighted by Crippen LogP contribution is 2.22. The topological polar surface area (TPSA) is 86.7 Å². The maximum Gasteiger partial charge on any atom is 0.328 e. The molecule has 0 aliphatic carbocycles. The van der Waals surface area contributed by atoms with Gasteiger partial charge < -0.3 is 15.3 Å². The largest absolute Gasteiger partial charge is 0.478 e. The number of carboxylic acid groups (broad SMARTS) is 1. The first-order valence-electron chi connectivity index (χ1n) is 6.19. The van der Waals surface area contributed by atoms with Crippen LogP contribution in [0.5, 0.6) is 0 Å². The van der Waals surface area contributed by atoms with Crippen LogP contribution in [0.1, 0.15) is 12.8 Å². The van der Waals surface area contributed by atoms with E-state index >= 15 is 0 Å². The predicted molar refractivity (Wildman–Crippen MR) is 73.4 cm³/mol. The van der Waals surface area contributed by atoms with Crippen LogP contribution in [-0.4, -0.2) is 29.4 Å². The zero-order chi connectivity index (χ0) is 14.5. The molecule has 6 heteroatoms. The first kappa shape index (κ1) is 13.8. The average molecular weight is 274 g/mol. The lowest BCUT2D eigenvalue weighted by molar-refractivity contribution is -0.131. The molecule has 1 aliphatic heterocycles. The van der Waals surface area contributed by atoms with Gasteiger partial charge in [0.1, 0.15) is 0 Å². The molecule has 6 nitrogen and oxygen atoms in total. The summed E-state index contributed by atoms with van der Waals surface area (Å²) in [6.07, 6.45) is 3.14. The molecule has 1 heterocycles. The SMILES string of the molecule is O=C(O)/C=C/C(=O)Nc1ccc(N2CCCC2=O)cc1. The Morgan fingerprint density at radius 1 is 1.20 bits per heavy atom. The lowest BCUT2D eigenvalue weighted by atomic mass is 10.2. The first-order chi connectivity index (χ1) is 9.56. The molecule has 1 saturated heterocycles. The molecule has 0 bridgehead atoms. The minimum absolute atomic E-state index is 0.103. The molecular formula is C14H14N2O4. The van der Waals surface area contributed by atoms with Gasteiger partial charge in [-0.3, -0.25) is 9.59 Å². The van der Waals surface area contributed by atoms with Gasteiger partial charge in [-0.25, -0.2) is 4.79 Å². The predicted octanol–water partition coefficient (Wildman–Crippen LogP) is 1.39. The number of aliphatic carboxylic acids is 1. The molecule has 1 aromatic carbocycles. The van der Waals surface area contributed by atoms with E-state index in [-0.39, 0.29) is 5.91 Å². The monoisotopic (exact) mass is 274 g/mol. The molecule has 0 spiro atoms. The van der Waals surface area contributed by atoms with Crippen molar-refractivity contribution in [3.63, 3.8) is 0 Å². The maximum absolute atomic E-state index is 11.6. The van der Waals surface area contributed by atoms with Gasteiger partial charge in [0.25, 0.3) is 0 Å². The van der Waals surface area contributed by atoms with Crippen LogP contribution in [0, 0.1) is 0 Å². The van der Waals surface area contributed by atoms with Crippen molar-refractivity contribution in [1.82, 2.24) is 0 Å². The van der Waals surface area contributed by atoms with Crippen LogP contribution < -0.4 is 10.2 Å². The van der Waals surface area contributed by atoms with E-state index in [2.05, 4.69) is 5.32 Å². The molecule has 0 radical (unpaired) electrons. The minimum Gasteiger partial charge on any atom is -0.478 e. The van der Waals surface area contributed by atoms with Crippen LogP contribution in [-0.2, 0) is 14.4 Å². The van der Waals surface area contributed by atoms with Crippen LogP contribution in [0.2, 0.25) is 0 Å². The Kier molecular flexibility index (Phi) is 4.14. The Bertz CT molecular complexity index is 563. The molecule has 2 amide bonds. The Morgan fingerprint density at radius 3 is 2.45 bits per heavy atom. The number of nitrogens with zero attached hydrogens (tertiary/aromatic N) is 1. The third-order valence-electron chi connectivity index (χ3n) is 2.90. The van der Waals surface area contributed by atoms with Gasteiger partial charge in [0.15, 0.2) is 0 Å². The molecule has 1 fully saturated rings. The first-order valence-corrected chi connectivity index (χ1v) is 6.19. The highest BCUT2D eigenvalue weighted by atomic mass is 16.4. The molecule has 0 aromatic heterocycles. The Hall–Kier alpha value is -2.63. The number of rotatable bonds is 4. The van der Waals surface area contributed by atoms with Gasteiger partial charge in [0.05, 0.1) is 0 Å². The zero-order valence-electron chi connectivity index (χ0n) is 10.7. The Balaban J connectivity index is 2.00. The van der Waals surface area contributed by atoms with E-state index in [4.69, 9.17) is 5.11 Å². The number of hydrogen-bond acceptors (Lipinski definition) is 3. The molecule has 2 N–H and O–H groups in total. The fraction of sp³-hybridized carbons (Fsp3) is 0.214. The van der Waals surface area contributed by atoms with Gasteiger partial charge in [0, 0.05) is 36.5 Å². The van der Waals surface area contributed by atoms with E-state index in [1.807, 2.05) is 0 Å². The third-order valence-corrected chi connectivity index (χ3v) is 2.90. The smallest absolute Gasteiger partial charge is 0.328 e. The van der Waals surface area contributed by atoms with Gasteiger partial charge in [-0.15, -0.1) is 0 Å². The maximum atomic E-state index is 11.6. The minimum atomic E-state index is -1.18. The van der Waals surface area contributed by atoms with Crippen LogP contribution in [0.15, 0.2) is 36.4 Å². The molecule has 2 rings (SSSR count). The summed E-state index contributed by atoms with van der Waals surface area (Å²) in [6, 6.07) is 6.85. The van der Waals surface area contributed by atoms with E-state index < -0.39 is 11.9 Å². The van der Waals surface area contributed by atoms with Gasteiger partial charge in [0.2, 0.25) is 11.8 Å². The highest BCUT2D eigenvalue weighted by Gasteiger charge is 2.21. The van der Waals surface area contributed by atoms with Crippen LogP contribution in [0.3, 0.4) is 0 Å². The Morgan fingerprint density at radius 2 is 1.90 bits per heavy atom. The summed E-state index contributed by atoms with van der Waals surface area (Å²) < 4.78 is 0. The number of anilines is 2. The van der Waals surface area contributed by atoms with E-state index in [0.29, 0.717) is 18.7 Å². The molecule has 0 atom stereocenters. The molecule has 20 heavy (non-hydrogen) atoms. The fourth-order valence-electron chi connectivity index (χ4n) is 1.98. The highest BCUT2D eigenvalue weighted by molar-refractivity contribution is 6.02. The number of hydrogen-bond donors (Lipinski definition) is 2. The zero-order valence-corrected chi connectivity index (χ0v) is 10.7. The summed E-state index contributed by atoms with van der Waals surface area (Å²) in [5.41, 5.74) is 1.34. The van der Waals surface area contributed by atoms with Crippen molar-refractivity contribution >= 4 is 29.2 Å². The van der Waals surface area contributed by atoms with Crippen molar-refractivity contribution in [2.24, 2.45) is 0 Å². The number of amides is 2. The second-order valence-corrected chi connectivity index (χ2v) is 4.36. The second-order valence-electron chi connectivity index (χ2n) is 4.36. The van der Waals surface area contributed by atoms with Crippen LogP contribution in [0.25, 0.3) is 0 Å². The number of carbonyl (C=O) groups excluding carboxylic acids is 2. The molecule has 0 unspecified atom stereocenters. The van der Waals surface area contributed by atoms with Crippen molar-refractivity contribution in [3.05, 3.63) is 36.4 Å².